The summed E-state index contributed by atoms with van der Waals surface area (Å²) in [6, 6.07) is 19.3. The second-order valence-electron chi connectivity index (χ2n) is 6.49. The van der Waals surface area contributed by atoms with Crippen LogP contribution in [0.2, 0.25) is 0 Å². The number of aromatic nitrogens is 2. The highest BCUT2D eigenvalue weighted by Gasteiger charge is 2.08. The van der Waals surface area contributed by atoms with E-state index in [1.54, 1.807) is 7.11 Å². The summed E-state index contributed by atoms with van der Waals surface area (Å²) in [5.74, 6) is 1.09. The summed E-state index contributed by atoms with van der Waals surface area (Å²) in [6.45, 7) is 2.91. The quantitative estimate of drug-likeness (QED) is 0.472. The molecule has 3 aromatic rings. The molecule has 0 saturated carbocycles. The molecule has 0 aliphatic rings. The first-order chi connectivity index (χ1) is 14.1. The Morgan fingerprint density at radius 3 is 2.55 bits per heavy atom. The van der Waals surface area contributed by atoms with E-state index in [0.717, 1.165) is 35.7 Å². The lowest BCUT2D eigenvalue weighted by atomic mass is 10.1. The maximum absolute atomic E-state index is 11.3. The molecule has 0 aliphatic carbocycles. The van der Waals surface area contributed by atoms with E-state index in [9.17, 15) is 4.79 Å². The van der Waals surface area contributed by atoms with E-state index in [-0.39, 0.29) is 5.91 Å². The fourth-order valence-electron chi connectivity index (χ4n) is 2.79. The molecule has 0 saturated heterocycles. The van der Waals surface area contributed by atoms with Crippen molar-refractivity contribution in [3.8, 4) is 11.3 Å². The van der Waals surface area contributed by atoms with E-state index in [1.807, 2.05) is 60.7 Å². The Balaban J connectivity index is 1.85. The molecule has 7 nitrogen and oxygen atoms in total. The van der Waals surface area contributed by atoms with E-state index in [1.165, 1.54) is 6.92 Å². The Morgan fingerprint density at radius 2 is 1.79 bits per heavy atom. The van der Waals surface area contributed by atoms with Gasteiger partial charge in [0.05, 0.1) is 5.69 Å². The van der Waals surface area contributed by atoms with Gasteiger partial charge in [-0.1, -0.05) is 36.4 Å². The van der Waals surface area contributed by atoms with Crippen molar-refractivity contribution in [2.75, 3.05) is 36.2 Å². The highest BCUT2D eigenvalue weighted by Crippen LogP contribution is 2.24. The molecule has 0 radical (unpaired) electrons. The Labute approximate surface area is 170 Å². The third kappa shape index (κ3) is 6.29. The molecule has 0 fully saturated rings. The van der Waals surface area contributed by atoms with E-state index in [0.29, 0.717) is 18.2 Å². The van der Waals surface area contributed by atoms with E-state index in [2.05, 4.69) is 25.9 Å². The number of nitrogens with one attached hydrogen (secondary N) is 3. The summed E-state index contributed by atoms with van der Waals surface area (Å²) in [5.41, 5.74) is 3.31. The van der Waals surface area contributed by atoms with Crippen LogP contribution < -0.4 is 16.0 Å². The molecule has 150 valence electrons. The van der Waals surface area contributed by atoms with Crippen LogP contribution in [-0.2, 0) is 9.53 Å². The smallest absolute Gasteiger partial charge is 0.229 e. The fourth-order valence-corrected chi connectivity index (χ4v) is 2.79. The standard InChI is InChI=1S/C22H25N5O2/c1-16(28)24-18-10-6-11-19(14-18)25-22-26-20(17-8-4-3-5-9-17)15-21(27-22)23-12-7-13-29-2/h3-6,8-11,14-15H,7,12-13H2,1-2H3,(H,24,28)(H2,23,25,26,27). The molecule has 3 N–H and O–H groups in total. The maximum Gasteiger partial charge on any atom is 0.229 e. The van der Waals surface area contributed by atoms with Gasteiger partial charge in [0.15, 0.2) is 0 Å². The normalized spacial score (nSPS) is 10.4. The summed E-state index contributed by atoms with van der Waals surface area (Å²) in [7, 11) is 1.69. The second kappa shape index (κ2) is 10.2. The van der Waals surface area contributed by atoms with Crippen molar-refractivity contribution >= 4 is 29.0 Å². The Morgan fingerprint density at radius 1 is 1.00 bits per heavy atom. The Bertz CT molecular complexity index is 947. The lowest BCUT2D eigenvalue weighted by molar-refractivity contribution is -0.114. The number of carbonyl (C=O) groups excluding carboxylic acids is 1. The SMILES string of the molecule is COCCCNc1cc(-c2ccccc2)nc(Nc2cccc(NC(C)=O)c2)n1. The number of anilines is 4. The maximum atomic E-state index is 11.3. The molecule has 29 heavy (non-hydrogen) atoms. The number of benzene rings is 2. The molecule has 1 amide bonds. The van der Waals surface area contributed by atoms with Crippen molar-refractivity contribution in [2.45, 2.75) is 13.3 Å². The average Bonchev–Trinajstić information content (AvgIpc) is 2.71. The summed E-state index contributed by atoms with van der Waals surface area (Å²) >= 11 is 0. The number of carbonyl (C=O) groups is 1. The zero-order valence-electron chi connectivity index (χ0n) is 16.6. The number of hydrogen-bond donors (Lipinski definition) is 3. The van der Waals surface area contributed by atoms with Gasteiger partial charge in [-0.3, -0.25) is 4.79 Å². The number of amides is 1. The molecule has 0 unspecified atom stereocenters. The fraction of sp³-hybridized carbons (Fsp3) is 0.227. The number of ether oxygens (including phenoxy) is 1. The largest absolute Gasteiger partial charge is 0.385 e. The third-order valence-corrected chi connectivity index (χ3v) is 4.07. The molecule has 0 spiro atoms. The van der Waals surface area contributed by atoms with Crippen molar-refractivity contribution in [3.63, 3.8) is 0 Å². The minimum Gasteiger partial charge on any atom is -0.385 e. The van der Waals surface area contributed by atoms with E-state index < -0.39 is 0 Å². The van der Waals surface area contributed by atoms with Gasteiger partial charge in [-0.25, -0.2) is 4.98 Å². The van der Waals surface area contributed by atoms with Crippen molar-refractivity contribution in [2.24, 2.45) is 0 Å². The van der Waals surface area contributed by atoms with Crippen molar-refractivity contribution in [1.82, 2.24) is 9.97 Å². The minimum atomic E-state index is -0.118. The van der Waals surface area contributed by atoms with Crippen LogP contribution in [-0.4, -0.2) is 36.1 Å². The van der Waals surface area contributed by atoms with Crippen LogP contribution in [0.4, 0.5) is 23.1 Å². The Hall–Kier alpha value is -3.45. The number of methoxy groups -OCH3 is 1. The average molecular weight is 391 g/mol. The third-order valence-electron chi connectivity index (χ3n) is 4.07. The van der Waals surface area contributed by atoms with Crippen molar-refractivity contribution in [3.05, 3.63) is 60.7 Å². The van der Waals surface area contributed by atoms with Crippen molar-refractivity contribution < 1.29 is 9.53 Å². The van der Waals surface area contributed by atoms with Crippen LogP contribution in [0, 0.1) is 0 Å². The molecule has 0 atom stereocenters. The monoisotopic (exact) mass is 391 g/mol. The predicted molar refractivity (Wildman–Crippen MR) is 116 cm³/mol. The minimum absolute atomic E-state index is 0.118. The van der Waals surface area contributed by atoms with Gasteiger partial charge in [-0.05, 0) is 24.6 Å². The van der Waals surface area contributed by atoms with Gasteiger partial charge in [-0.15, -0.1) is 0 Å². The number of hydrogen-bond acceptors (Lipinski definition) is 6. The van der Waals surface area contributed by atoms with Gasteiger partial charge in [0.25, 0.3) is 0 Å². The lowest BCUT2D eigenvalue weighted by Crippen LogP contribution is -2.09. The topological polar surface area (TPSA) is 88.2 Å². The second-order valence-corrected chi connectivity index (χ2v) is 6.49. The molecule has 2 aromatic carbocycles. The Kier molecular flexibility index (Phi) is 7.13. The first kappa shape index (κ1) is 20.3. The molecule has 7 heteroatoms. The van der Waals surface area contributed by atoms with Gasteiger partial charge in [0.1, 0.15) is 5.82 Å². The van der Waals surface area contributed by atoms with E-state index >= 15 is 0 Å². The molecule has 0 aliphatic heterocycles. The highest BCUT2D eigenvalue weighted by molar-refractivity contribution is 5.89. The van der Waals surface area contributed by atoms with Gasteiger partial charge in [0.2, 0.25) is 11.9 Å². The summed E-state index contributed by atoms with van der Waals surface area (Å²) in [6.07, 6.45) is 0.878. The van der Waals surface area contributed by atoms with Gasteiger partial charge in [-0.2, -0.15) is 4.98 Å². The van der Waals surface area contributed by atoms with Gasteiger partial charge < -0.3 is 20.7 Å². The zero-order valence-corrected chi connectivity index (χ0v) is 16.6. The molecule has 1 heterocycles. The number of nitrogens with zero attached hydrogens (tertiary/aromatic N) is 2. The van der Waals surface area contributed by atoms with E-state index in [4.69, 9.17) is 4.74 Å². The predicted octanol–water partition coefficient (Wildman–Crippen LogP) is 4.29. The van der Waals surface area contributed by atoms with Crippen LogP contribution in [0.1, 0.15) is 13.3 Å². The number of rotatable bonds is 9. The lowest BCUT2D eigenvalue weighted by Gasteiger charge is -2.12. The summed E-state index contributed by atoms with van der Waals surface area (Å²) < 4.78 is 5.10. The molecule has 3 rings (SSSR count). The first-order valence-corrected chi connectivity index (χ1v) is 9.46. The van der Waals surface area contributed by atoms with Crippen LogP contribution in [0.15, 0.2) is 60.7 Å². The van der Waals surface area contributed by atoms with Crippen molar-refractivity contribution in [1.29, 1.82) is 0 Å². The highest BCUT2D eigenvalue weighted by atomic mass is 16.5. The van der Waals surface area contributed by atoms with Gasteiger partial charge >= 0.3 is 0 Å². The molecular weight excluding hydrogens is 366 g/mol. The summed E-state index contributed by atoms with van der Waals surface area (Å²) in [5, 5.41) is 9.33. The van der Waals surface area contributed by atoms with Gasteiger partial charge in [0, 0.05) is 50.2 Å². The molecular formula is C22H25N5O2. The van der Waals surface area contributed by atoms with Crippen LogP contribution in [0.5, 0.6) is 0 Å². The van der Waals surface area contributed by atoms with Crippen LogP contribution in [0.25, 0.3) is 11.3 Å². The first-order valence-electron chi connectivity index (χ1n) is 9.46. The van der Waals surface area contributed by atoms with Crippen LogP contribution in [0.3, 0.4) is 0 Å². The summed E-state index contributed by atoms with van der Waals surface area (Å²) in [4.78, 5) is 20.5. The zero-order chi connectivity index (χ0) is 20.5. The van der Waals surface area contributed by atoms with Crippen LogP contribution >= 0.6 is 0 Å². The molecule has 0 bridgehead atoms. The molecule has 1 aromatic heterocycles.